The first-order valence-corrected chi connectivity index (χ1v) is 8.57. The summed E-state index contributed by atoms with van der Waals surface area (Å²) < 4.78 is 10.5. The van der Waals surface area contributed by atoms with Crippen LogP contribution in [-0.2, 0) is 12.8 Å². The number of aryl methyl sites for hydroxylation is 1. The lowest BCUT2D eigenvalue weighted by molar-refractivity contribution is 0.103. The standard InChI is InChI=1S/C18H21NO3S/c1-11-4-7-16-12(8-11)9-17(23-16)18(20)19-13-5-6-14(21-2)15(10-13)22-3/h5-6,9-11H,4,7-8H2,1-3H3,(H,19,20)/t11-/m1/s1. The number of methoxy groups -OCH3 is 2. The molecule has 0 saturated carbocycles. The summed E-state index contributed by atoms with van der Waals surface area (Å²) in [6.07, 6.45) is 3.38. The van der Waals surface area contributed by atoms with Gasteiger partial charge in [0.2, 0.25) is 0 Å². The van der Waals surface area contributed by atoms with Crippen molar-refractivity contribution in [2.45, 2.75) is 26.2 Å². The molecular weight excluding hydrogens is 310 g/mol. The number of anilines is 1. The van der Waals surface area contributed by atoms with Crippen LogP contribution in [0.2, 0.25) is 0 Å². The zero-order valence-corrected chi connectivity index (χ0v) is 14.5. The van der Waals surface area contributed by atoms with Gasteiger partial charge in [-0.15, -0.1) is 11.3 Å². The second-order valence-corrected chi connectivity index (χ2v) is 7.07. The first-order chi connectivity index (χ1) is 11.1. The lowest BCUT2D eigenvalue weighted by Crippen LogP contribution is -2.10. The Labute approximate surface area is 140 Å². The molecule has 0 radical (unpaired) electrons. The largest absolute Gasteiger partial charge is 0.493 e. The summed E-state index contributed by atoms with van der Waals surface area (Å²) >= 11 is 1.61. The van der Waals surface area contributed by atoms with Crippen molar-refractivity contribution in [2.24, 2.45) is 5.92 Å². The molecule has 23 heavy (non-hydrogen) atoms. The van der Waals surface area contributed by atoms with Gasteiger partial charge >= 0.3 is 0 Å². The fourth-order valence-corrected chi connectivity index (χ4v) is 4.03. The van der Waals surface area contributed by atoms with Crippen molar-refractivity contribution in [3.63, 3.8) is 0 Å². The summed E-state index contributed by atoms with van der Waals surface area (Å²) in [4.78, 5) is 14.6. The summed E-state index contributed by atoms with van der Waals surface area (Å²) in [5, 5.41) is 2.94. The first kappa shape index (κ1) is 15.9. The molecule has 1 atom stereocenters. The van der Waals surface area contributed by atoms with E-state index in [0.29, 0.717) is 23.1 Å². The average molecular weight is 331 g/mol. The molecule has 1 N–H and O–H groups in total. The van der Waals surface area contributed by atoms with Gasteiger partial charge in [0, 0.05) is 16.6 Å². The number of fused-ring (bicyclic) bond motifs is 1. The topological polar surface area (TPSA) is 47.6 Å². The molecule has 1 heterocycles. The minimum absolute atomic E-state index is 0.0655. The van der Waals surface area contributed by atoms with Crippen LogP contribution in [0.5, 0.6) is 11.5 Å². The van der Waals surface area contributed by atoms with E-state index in [9.17, 15) is 4.79 Å². The van der Waals surface area contributed by atoms with E-state index < -0.39 is 0 Å². The van der Waals surface area contributed by atoms with Crippen LogP contribution in [0.4, 0.5) is 5.69 Å². The molecule has 4 nitrogen and oxygen atoms in total. The Morgan fingerprint density at radius 3 is 2.74 bits per heavy atom. The minimum Gasteiger partial charge on any atom is -0.493 e. The SMILES string of the molecule is COc1ccc(NC(=O)c2cc3c(s2)CC[C@@H](C)C3)cc1OC. The molecule has 3 rings (SSSR count). The maximum atomic E-state index is 12.5. The van der Waals surface area contributed by atoms with E-state index in [1.54, 1.807) is 37.7 Å². The number of carbonyl (C=O) groups excluding carboxylic acids is 1. The summed E-state index contributed by atoms with van der Waals surface area (Å²) in [7, 11) is 3.17. The van der Waals surface area contributed by atoms with Crippen LogP contribution >= 0.6 is 11.3 Å². The monoisotopic (exact) mass is 331 g/mol. The fourth-order valence-electron chi connectivity index (χ4n) is 2.92. The van der Waals surface area contributed by atoms with Crippen molar-refractivity contribution in [2.75, 3.05) is 19.5 Å². The van der Waals surface area contributed by atoms with E-state index in [-0.39, 0.29) is 5.91 Å². The van der Waals surface area contributed by atoms with Gasteiger partial charge in [0.15, 0.2) is 11.5 Å². The Bertz CT molecular complexity index is 723. The molecule has 2 aromatic rings. The van der Waals surface area contributed by atoms with Crippen LogP contribution in [0.3, 0.4) is 0 Å². The third-order valence-electron chi connectivity index (χ3n) is 4.19. The van der Waals surface area contributed by atoms with Gasteiger partial charge in [0.25, 0.3) is 5.91 Å². The second kappa shape index (κ2) is 6.62. The van der Waals surface area contributed by atoms with Crippen molar-refractivity contribution in [1.82, 2.24) is 0 Å². The molecule has 0 fully saturated rings. The quantitative estimate of drug-likeness (QED) is 0.916. The van der Waals surface area contributed by atoms with Crippen LogP contribution in [0.1, 0.15) is 33.5 Å². The zero-order valence-electron chi connectivity index (χ0n) is 13.6. The second-order valence-electron chi connectivity index (χ2n) is 5.93. The third-order valence-corrected chi connectivity index (χ3v) is 5.43. The highest BCUT2D eigenvalue weighted by molar-refractivity contribution is 7.14. The predicted molar refractivity (Wildman–Crippen MR) is 93.0 cm³/mol. The molecule has 122 valence electrons. The zero-order chi connectivity index (χ0) is 16.4. The maximum Gasteiger partial charge on any atom is 0.265 e. The van der Waals surface area contributed by atoms with E-state index in [1.807, 2.05) is 12.1 Å². The van der Waals surface area contributed by atoms with Crippen LogP contribution < -0.4 is 14.8 Å². The van der Waals surface area contributed by atoms with Crippen LogP contribution in [0, 0.1) is 5.92 Å². The van der Waals surface area contributed by atoms with Crippen LogP contribution in [-0.4, -0.2) is 20.1 Å². The van der Waals surface area contributed by atoms with Crippen molar-refractivity contribution >= 4 is 22.9 Å². The van der Waals surface area contributed by atoms with E-state index in [2.05, 4.69) is 12.2 Å². The number of amides is 1. The van der Waals surface area contributed by atoms with Crippen LogP contribution in [0.15, 0.2) is 24.3 Å². The normalized spacial score (nSPS) is 16.6. The number of hydrogen-bond donors (Lipinski definition) is 1. The molecular formula is C18H21NO3S. The Morgan fingerprint density at radius 1 is 1.22 bits per heavy atom. The van der Waals surface area contributed by atoms with Gasteiger partial charge in [-0.1, -0.05) is 6.92 Å². The average Bonchev–Trinajstić information content (AvgIpc) is 2.97. The van der Waals surface area contributed by atoms with Gasteiger partial charge in [0.05, 0.1) is 19.1 Å². The Balaban J connectivity index is 1.77. The van der Waals surface area contributed by atoms with Crippen molar-refractivity contribution in [1.29, 1.82) is 0 Å². The lowest BCUT2D eigenvalue weighted by atomic mass is 9.90. The van der Waals surface area contributed by atoms with E-state index in [4.69, 9.17) is 9.47 Å². The van der Waals surface area contributed by atoms with Gasteiger partial charge in [-0.05, 0) is 48.9 Å². The molecule has 1 amide bonds. The number of benzene rings is 1. The highest BCUT2D eigenvalue weighted by Crippen LogP contribution is 2.33. The van der Waals surface area contributed by atoms with Crippen molar-refractivity contribution in [3.05, 3.63) is 39.6 Å². The first-order valence-electron chi connectivity index (χ1n) is 7.75. The molecule has 1 aliphatic rings. The molecule has 1 aromatic carbocycles. The van der Waals surface area contributed by atoms with E-state index >= 15 is 0 Å². The molecule has 1 aromatic heterocycles. The summed E-state index contributed by atoms with van der Waals surface area (Å²) in [6.45, 7) is 2.27. The minimum atomic E-state index is -0.0655. The Kier molecular flexibility index (Phi) is 4.57. The molecule has 0 saturated heterocycles. The number of ether oxygens (including phenoxy) is 2. The number of nitrogens with one attached hydrogen (secondary N) is 1. The highest BCUT2D eigenvalue weighted by atomic mass is 32.1. The number of carbonyl (C=O) groups is 1. The van der Waals surface area contributed by atoms with Gasteiger partial charge in [-0.2, -0.15) is 0 Å². The highest BCUT2D eigenvalue weighted by Gasteiger charge is 2.20. The summed E-state index contributed by atoms with van der Waals surface area (Å²) in [6, 6.07) is 7.42. The van der Waals surface area contributed by atoms with E-state index in [1.165, 1.54) is 16.9 Å². The van der Waals surface area contributed by atoms with Gasteiger partial charge < -0.3 is 14.8 Å². The Hall–Kier alpha value is -2.01. The maximum absolute atomic E-state index is 12.5. The summed E-state index contributed by atoms with van der Waals surface area (Å²) in [5.74, 6) is 1.89. The van der Waals surface area contributed by atoms with Crippen LogP contribution in [0.25, 0.3) is 0 Å². The summed E-state index contributed by atoms with van der Waals surface area (Å²) in [5.41, 5.74) is 2.04. The third kappa shape index (κ3) is 3.34. The molecule has 0 unspecified atom stereocenters. The fraction of sp³-hybridized carbons (Fsp3) is 0.389. The predicted octanol–water partition coefficient (Wildman–Crippen LogP) is 4.14. The van der Waals surface area contributed by atoms with Crippen molar-refractivity contribution < 1.29 is 14.3 Å². The van der Waals surface area contributed by atoms with Gasteiger partial charge in [0.1, 0.15) is 0 Å². The van der Waals surface area contributed by atoms with Gasteiger partial charge in [-0.25, -0.2) is 0 Å². The number of rotatable bonds is 4. The molecule has 0 spiro atoms. The molecule has 0 bridgehead atoms. The number of hydrogen-bond acceptors (Lipinski definition) is 4. The van der Waals surface area contributed by atoms with E-state index in [0.717, 1.165) is 17.7 Å². The van der Waals surface area contributed by atoms with Gasteiger partial charge in [-0.3, -0.25) is 4.79 Å². The smallest absolute Gasteiger partial charge is 0.265 e. The number of thiophene rings is 1. The molecule has 1 aliphatic carbocycles. The molecule has 0 aliphatic heterocycles. The lowest BCUT2D eigenvalue weighted by Gasteiger charge is -2.16. The molecule has 5 heteroatoms. The van der Waals surface area contributed by atoms with Crippen molar-refractivity contribution in [3.8, 4) is 11.5 Å². The Morgan fingerprint density at radius 2 is 2.00 bits per heavy atom.